The van der Waals surface area contributed by atoms with Gasteiger partial charge >= 0.3 is 0 Å². The number of anilines is 2. The summed E-state index contributed by atoms with van der Waals surface area (Å²) in [6.45, 7) is 3.85. The Hall–Kier alpha value is -2.69. The second kappa shape index (κ2) is 6.85. The minimum Gasteiger partial charge on any atom is -0.326 e. The van der Waals surface area contributed by atoms with Crippen molar-refractivity contribution >= 4 is 23.2 Å². The topological polar surface area (TPSA) is 58.2 Å². The van der Waals surface area contributed by atoms with E-state index in [-0.39, 0.29) is 6.42 Å². The van der Waals surface area contributed by atoms with Crippen LogP contribution in [-0.4, -0.2) is 11.8 Å². The quantitative estimate of drug-likeness (QED) is 0.850. The van der Waals surface area contributed by atoms with Gasteiger partial charge in [-0.3, -0.25) is 9.59 Å². The number of carbonyl (C=O) groups excluding carboxylic acids is 2. The summed E-state index contributed by atoms with van der Waals surface area (Å²) in [5.74, 6) is -1.35. The van der Waals surface area contributed by atoms with E-state index in [1.54, 1.807) is 12.1 Å². The molecule has 0 spiro atoms. The van der Waals surface area contributed by atoms with Gasteiger partial charge in [-0.05, 0) is 49.2 Å². The average molecular weight is 300 g/mol. The largest absolute Gasteiger partial charge is 0.326 e. The van der Waals surface area contributed by atoms with Crippen LogP contribution >= 0.6 is 0 Å². The Bertz CT molecular complexity index is 714. The number of benzene rings is 2. The van der Waals surface area contributed by atoms with Crippen molar-refractivity contribution in [3.63, 3.8) is 0 Å². The van der Waals surface area contributed by atoms with Crippen LogP contribution in [0.3, 0.4) is 0 Å². The van der Waals surface area contributed by atoms with Gasteiger partial charge in [-0.25, -0.2) is 4.39 Å². The number of nitrogens with one attached hydrogen (secondary N) is 2. The van der Waals surface area contributed by atoms with E-state index in [1.165, 1.54) is 18.2 Å². The summed E-state index contributed by atoms with van der Waals surface area (Å²) < 4.78 is 13.0. The van der Waals surface area contributed by atoms with E-state index in [0.29, 0.717) is 11.4 Å². The maximum absolute atomic E-state index is 13.0. The van der Waals surface area contributed by atoms with E-state index >= 15 is 0 Å². The van der Waals surface area contributed by atoms with Crippen molar-refractivity contribution in [3.8, 4) is 0 Å². The molecule has 0 saturated heterocycles. The van der Waals surface area contributed by atoms with E-state index in [9.17, 15) is 14.0 Å². The second-order valence-corrected chi connectivity index (χ2v) is 5.03. The molecule has 2 rings (SSSR count). The molecule has 2 amide bonds. The molecule has 0 aliphatic rings. The summed E-state index contributed by atoms with van der Waals surface area (Å²) in [5, 5.41) is 5.19. The number of halogens is 1. The fourth-order valence-corrected chi connectivity index (χ4v) is 2.00. The van der Waals surface area contributed by atoms with Crippen LogP contribution in [0.1, 0.15) is 17.5 Å². The molecule has 0 aromatic heterocycles. The molecule has 0 aliphatic carbocycles. The van der Waals surface area contributed by atoms with Crippen LogP contribution in [0.2, 0.25) is 0 Å². The highest BCUT2D eigenvalue weighted by Crippen LogP contribution is 2.18. The molecule has 0 atom stereocenters. The van der Waals surface area contributed by atoms with Gasteiger partial charge in [-0.1, -0.05) is 18.2 Å². The lowest BCUT2D eigenvalue weighted by Crippen LogP contribution is -2.21. The van der Waals surface area contributed by atoms with Gasteiger partial charge in [-0.15, -0.1) is 0 Å². The molecular weight excluding hydrogens is 283 g/mol. The summed E-state index contributed by atoms with van der Waals surface area (Å²) in [6.07, 6.45) is -0.329. The third-order valence-corrected chi connectivity index (χ3v) is 3.31. The first-order valence-electron chi connectivity index (χ1n) is 6.87. The maximum atomic E-state index is 13.0. The van der Waals surface area contributed by atoms with Gasteiger partial charge in [0.1, 0.15) is 12.2 Å². The van der Waals surface area contributed by atoms with Crippen molar-refractivity contribution in [3.05, 3.63) is 59.4 Å². The molecule has 5 heteroatoms. The fraction of sp³-hybridized carbons (Fsp3) is 0.176. The molecule has 0 radical (unpaired) electrons. The van der Waals surface area contributed by atoms with E-state index in [1.807, 2.05) is 26.0 Å². The van der Waals surface area contributed by atoms with Gasteiger partial charge in [0.2, 0.25) is 11.8 Å². The molecule has 0 unspecified atom stereocenters. The molecule has 22 heavy (non-hydrogen) atoms. The number of carbonyl (C=O) groups is 2. The first kappa shape index (κ1) is 15.7. The molecule has 0 fully saturated rings. The van der Waals surface area contributed by atoms with Crippen molar-refractivity contribution in [2.45, 2.75) is 20.3 Å². The van der Waals surface area contributed by atoms with Crippen LogP contribution in [0.5, 0.6) is 0 Å². The number of hydrogen-bond acceptors (Lipinski definition) is 2. The van der Waals surface area contributed by atoms with E-state index in [0.717, 1.165) is 11.1 Å². The Balaban J connectivity index is 1.94. The van der Waals surface area contributed by atoms with Gasteiger partial charge in [0.05, 0.1) is 0 Å². The van der Waals surface area contributed by atoms with Crippen molar-refractivity contribution in [1.29, 1.82) is 0 Å². The molecular formula is C17H17FN2O2. The first-order valence-corrected chi connectivity index (χ1v) is 6.87. The normalized spacial score (nSPS) is 10.1. The summed E-state index contributed by atoms with van der Waals surface area (Å²) in [7, 11) is 0. The average Bonchev–Trinajstić information content (AvgIpc) is 2.43. The molecule has 0 bridgehead atoms. The summed E-state index contributed by atoms with van der Waals surface area (Å²) >= 11 is 0. The van der Waals surface area contributed by atoms with Crippen molar-refractivity contribution in [1.82, 2.24) is 0 Å². The monoisotopic (exact) mass is 300 g/mol. The molecule has 0 aliphatic heterocycles. The minimum atomic E-state index is -0.492. The van der Waals surface area contributed by atoms with Gasteiger partial charge in [0.15, 0.2) is 0 Å². The van der Waals surface area contributed by atoms with Crippen LogP contribution in [0, 0.1) is 19.7 Å². The highest BCUT2D eigenvalue weighted by molar-refractivity contribution is 6.08. The Morgan fingerprint density at radius 1 is 1.00 bits per heavy atom. The van der Waals surface area contributed by atoms with E-state index in [2.05, 4.69) is 10.6 Å². The van der Waals surface area contributed by atoms with Crippen LogP contribution in [0.15, 0.2) is 42.5 Å². The van der Waals surface area contributed by atoms with Crippen molar-refractivity contribution in [2.75, 3.05) is 10.6 Å². The highest BCUT2D eigenvalue weighted by atomic mass is 19.1. The summed E-state index contributed by atoms with van der Waals surface area (Å²) in [4.78, 5) is 23.7. The second-order valence-electron chi connectivity index (χ2n) is 5.03. The molecule has 2 aromatic rings. The molecule has 2 aromatic carbocycles. The Morgan fingerprint density at radius 3 is 2.41 bits per heavy atom. The summed E-state index contributed by atoms with van der Waals surface area (Å²) in [6, 6.07) is 11.1. The van der Waals surface area contributed by atoms with Gasteiger partial charge in [0, 0.05) is 11.4 Å². The van der Waals surface area contributed by atoms with Crippen molar-refractivity contribution < 1.29 is 14.0 Å². The van der Waals surface area contributed by atoms with Crippen LogP contribution < -0.4 is 10.6 Å². The van der Waals surface area contributed by atoms with E-state index in [4.69, 9.17) is 0 Å². The maximum Gasteiger partial charge on any atom is 0.233 e. The zero-order valence-electron chi connectivity index (χ0n) is 12.4. The third-order valence-electron chi connectivity index (χ3n) is 3.31. The predicted molar refractivity (Wildman–Crippen MR) is 84.2 cm³/mol. The number of amides is 2. The molecule has 0 heterocycles. The Kier molecular flexibility index (Phi) is 4.88. The van der Waals surface area contributed by atoms with E-state index < -0.39 is 17.6 Å². The molecule has 114 valence electrons. The predicted octanol–water partition coefficient (Wildman–Crippen LogP) is 3.41. The minimum absolute atomic E-state index is 0.324. The van der Waals surface area contributed by atoms with Crippen LogP contribution in [-0.2, 0) is 9.59 Å². The lowest BCUT2D eigenvalue weighted by Gasteiger charge is -2.10. The zero-order valence-corrected chi connectivity index (χ0v) is 12.4. The SMILES string of the molecule is Cc1cccc(NC(=O)CC(=O)Nc2cccc(F)c2)c1C. The Labute approximate surface area is 128 Å². The molecule has 0 saturated carbocycles. The number of aryl methyl sites for hydroxylation is 1. The zero-order chi connectivity index (χ0) is 16.1. The van der Waals surface area contributed by atoms with Crippen LogP contribution in [0.25, 0.3) is 0 Å². The third kappa shape index (κ3) is 4.15. The standard InChI is InChI=1S/C17H17FN2O2/c1-11-5-3-8-15(12(11)2)20-17(22)10-16(21)19-14-7-4-6-13(18)9-14/h3-9H,10H2,1-2H3,(H,19,21)(H,20,22). The van der Waals surface area contributed by atoms with Gasteiger partial charge < -0.3 is 10.6 Å². The molecule has 4 nitrogen and oxygen atoms in total. The van der Waals surface area contributed by atoms with Crippen molar-refractivity contribution in [2.24, 2.45) is 0 Å². The smallest absolute Gasteiger partial charge is 0.233 e. The highest BCUT2D eigenvalue weighted by Gasteiger charge is 2.11. The van der Waals surface area contributed by atoms with Crippen LogP contribution in [0.4, 0.5) is 15.8 Å². The summed E-state index contributed by atoms with van der Waals surface area (Å²) in [5.41, 5.74) is 3.02. The molecule has 2 N–H and O–H groups in total. The van der Waals surface area contributed by atoms with Gasteiger partial charge in [0.25, 0.3) is 0 Å². The lowest BCUT2D eigenvalue weighted by atomic mass is 10.1. The lowest BCUT2D eigenvalue weighted by molar-refractivity contribution is -0.123. The van der Waals surface area contributed by atoms with Gasteiger partial charge in [-0.2, -0.15) is 0 Å². The number of rotatable bonds is 4. The fourth-order valence-electron chi connectivity index (χ4n) is 2.00. The Morgan fingerprint density at radius 2 is 1.68 bits per heavy atom. The number of hydrogen-bond donors (Lipinski definition) is 2. The first-order chi connectivity index (χ1) is 10.5.